The Hall–Kier alpha value is -1.26. The summed E-state index contributed by atoms with van der Waals surface area (Å²) < 4.78 is 0. The number of nitrogens with one attached hydrogen (secondary N) is 1. The molecule has 106 valence electrons. The minimum Gasteiger partial charge on any atom is -0.508 e. The summed E-state index contributed by atoms with van der Waals surface area (Å²) in [5, 5.41) is 22.7. The molecule has 1 fully saturated rings. The molecule has 4 heteroatoms. The molecule has 1 aliphatic heterocycles. The van der Waals surface area contributed by atoms with E-state index >= 15 is 0 Å². The normalized spacial score (nSPS) is 21.2. The lowest BCUT2D eigenvalue weighted by atomic mass is 9.88. The van der Waals surface area contributed by atoms with Gasteiger partial charge in [0.25, 0.3) is 0 Å². The fourth-order valence-corrected chi connectivity index (χ4v) is 2.74. The van der Waals surface area contributed by atoms with Gasteiger partial charge in [0, 0.05) is 36.3 Å². The average molecular weight is 264 g/mol. The van der Waals surface area contributed by atoms with Crippen molar-refractivity contribution >= 4 is 0 Å². The molecule has 1 atom stereocenters. The van der Waals surface area contributed by atoms with Crippen LogP contribution >= 0.6 is 0 Å². The van der Waals surface area contributed by atoms with E-state index in [0.717, 1.165) is 31.5 Å². The first-order chi connectivity index (χ1) is 8.95. The number of hydrogen-bond acceptors (Lipinski definition) is 4. The summed E-state index contributed by atoms with van der Waals surface area (Å²) in [6.45, 7) is 6.39. The smallest absolute Gasteiger partial charge is 0.124 e. The molecule has 0 spiro atoms. The number of piperidine rings is 1. The van der Waals surface area contributed by atoms with Crippen molar-refractivity contribution in [3.63, 3.8) is 0 Å². The first-order valence-corrected chi connectivity index (χ1v) is 6.90. The largest absolute Gasteiger partial charge is 0.508 e. The maximum Gasteiger partial charge on any atom is 0.124 e. The molecule has 1 unspecified atom stereocenters. The van der Waals surface area contributed by atoms with Crippen LogP contribution in [0.15, 0.2) is 18.2 Å². The van der Waals surface area contributed by atoms with Crippen LogP contribution in [0.3, 0.4) is 0 Å². The number of aromatic hydroxyl groups is 2. The lowest BCUT2D eigenvalue weighted by molar-refractivity contribution is 0.116. The van der Waals surface area contributed by atoms with Gasteiger partial charge in [0.15, 0.2) is 0 Å². The van der Waals surface area contributed by atoms with Crippen molar-refractivity contribution in [3.05, 3.63) is 23.8 Å². The number of nitrogens with zero attached hydrogens (tertiary/aromatic N) is 1. The summed E-state index contributed by atoms with van der Waals surface area (Å²) in [6, 6.07) is 5.02. The Kier molecular flexibility index (Phi) is 4.02. The van der Waals surface area contributed by atoms with Crippen LogP contribution in [0.25, 0.3) is 0 Å². The zero-order valence-corrected chi connectivity index (χ0v) is 12.0. The molecule has 3 N–H and O–H groups in total. The van der Waals surface area contributed by atoms with Gasteiger partial charge in [-0.05, 0) is 39.8 Å². The highest BCUT2D eigenvalue weighted by molar-refractivity contribution is 5.40. The van der Waals surface area contributed by atoms with Crippen molar-refractivity contribution in [2.24, 2.45) is 0 Å². The fourth-order valence-electron chi connectivity index (χ4n) is 2.74. The molecule has 0 aromatic heterocycles. The molecule has 0 bridgehead atoms. The van der Waals surface area contributed by atoms with Crippen LogP contribution in [0, 0.1) is 0 Å². The summed E-state index contributed by atoms with van der Waals surface area (Å²) in [7, 11) is 2.02. The van der Waals surface area contributed by atoms with Gasteiger partial charge in [-0.2, -0.15) is 0 Å². The van der Waals surface area contributed by atoms with Crippen molar-refractivity contribution in [2.75, 3.05) is 20.1 Å². The van der Waals surface area contributed by atoms with Crippen LogP contribution < -0.4 is 5.32 Å². The molecule has 2 rings (SSSR count). The van der Waals surface area contributed by atoms with Gasteiger partial charge in [-0.3, -0.25) is 4.90 Å². The highest BCUT2D eigenvalue weighted by Gasteiger charge is 2.31. The average Bonchev–Trinajstić information content (AvgIpc) is 2.39. The van der Waals surface area contributed by atoms with E-state index in [1.807, 2.05) is 7.05 Å². The molecule has 19 heavy (non-hydrogen) atoms. The molecule has 1 aromatic rings. The Labute approximate surface area is 115 Å². The maximum atomic E-state index is 9.94. The third kappa shape index (κ3) is 3.01. The van der Waals surface area contributed by atoms with Crippen LogP contribution in [0.5, 0.6) is 11.5 Å². The number of benzene rings is 1. The van der Waals surface area contributed by atoms with Crippen LogP contribution in [-0.4, -0.2) is 40.8 Å². The van der Waals surface area contributed by atoms with Crippen LogP contribution in [0.2, 0.25) is 0 Å². The minimum atomic E-state index is 0.106. The summed E-state index contributed by atoms with van der Waals surface area (Å²) >= 11 is 0. The highest BCUT2D eigenvalue weighted by atomic mass is 16.3. The Balaban J connectivity index is 2.07. The molecule has 0 aliphatic carbocycles. The van der Waals surface area contributed by atoms with Crippen LogP contribution in [-0.2, 0) is 0 Å². The van der Waals surface area contributed by atoms with Gasteiger partial charge in [-0.15, -0.1) is 0 Å². The maximum absolute atomic E-state index is 9.94. The molecule has 0 saturated carbocycles. The molecule has 4 nitrogen and oxygen atoms in total. The number of rotatable bonds is 3. The zero-order valence-electron chi connectivity index (χ0n) is 12.0. The summed E-state index contributed by atoms with van der Waals surface area (Å²) in [4.78, 5) is 2.38. The van der Waals surface area contributed by atoms with E-state index in [2.05, 4.69) is 24.1 Å². The van der Waals surface area contributed by atoms with Crippen LogP contribution in [0.1, 0.15) is 38.3 Å². The van der Waals surface area contributed by atoms with Gasteiger partial charge in [-0.1, -0.05) is 6.07 Å². The van der Waals surface area contributed by atoms with Gasteiger partial charge in [0.1, 0.15) is 11.5 Å². The van der Waals surface area contributed by atoms with Crippen LogP contribution in [0.4, 0.5) is 0 Å². The topological polar surface area (TPSA) is 55.7 Å². The lowest BCUT2D eigenvalue weighted by Gasteiger charge is -2.42. The first kappa shape index (κ1) is 14.2. The predicted molar refractivity (Wildman–Crippen MR) is 76.5 cm³/mol. The molecule has 1 aromatic carbocycles. The SMILES string of the molecule is CNC1(C)CCN(C(C)c2ccc(O)cc2O)CC1. The summed E-state index contributed by atoms with van der Waals surface area (Å²) in [5.74, 6) is 0.282. The highest BCUT2D eigenvalue weighted by Crippen LogP contribution is 2.34. The summed E-state index contributed by atoms with van der Waals surface area (Å²) in [6.07, 6.45) is 2.21. The van der Waals surface area contributed by atoms with Crippen molar-refractivity contribution in [2.45, 2.75) is 38.3 Å². The Bertz CT molecular complexity index is 440. The minimum absolute atomic E-state index is 0.106. The van der Waals surface area contributed by atoms with Gasteiger partial charge in [-0.25, -0.2) is 0 Å². The second-order valence-corrected chi connectivity index (χ2v) is 5.77. The Morgan fingerprint density at radius 3 is 2.42 bits per heavy atom. The molecule has 1 saturated heterocycles. The predicted octanol–water partition coefficient (Wildman–Crippen LogP) is 2.23. The lowest BCUT2D eigenvalue weighted by Crippen LogP contribution is -2.50. The molecular weight excluding hydrogens is 240 g/mol. The third-order valence-corrected chi connectivity index (χ3v) is 4.52. The number of hydrogen-bond donors (Lipinski definition) is 3. The second kappa shape index (κ2) is 5.39. The van der Waals surface area contributed by atoms with E-state index < -0.39 is 0 Å². The summed E-state index contributed by atoms with van der Waals surface area (Å²) in [5.41, 5.74) is 1.11. The van der Waals surface area contributed by atoms with Crippen molar-refractivity contribution < 1.29 is 10.2 Å². The van der Waals surface area contributed by atoms with Crippen molar-refractivity contribution in [3.8, 4) is 11.5 Å². The van der Waals surface area contributed by atoms with Gasteiger partial charge < -0.3 is 15.5 Å². The Morgan fingerprint density at radius 1 is 1.26 bits per heavy atom. The molecule has 0 amide bonds. The zero-order chi connectivity index (χ0) is 14.0. The molecular formula is C15H24N2O2. The quantitative estimate of drug-likeness (QED) is 0.783. The third-order valence-electron chi connectivity index (χ3n) is 4.52. The number of likely N-dealkylation sites (tertiary alicyclic amines) is 1. The fraction of sp³-hybridized carbons (Fsp3) is 0.600. The molecule has 0 radical (unpaired) electrons. The first-order valence-electron chi connectivity index (χ1n) is 6.90. The van der Waals surface area contributed by atoms with Gasteiger partial charge in [0.2, 0.25) is 0 Å². The molecule has 1 heterocycles. The van der Waals surface area contributed by atoms with Crippen molar-refractivity contribution in [1.29, 1.82) is 0 Å². The van der Waals surface area contributed by atoms with Crippen molar-refractivity contribution in [1.82, 2.24) is 10.2 Å². The van der Waals surface area contributed by atoms with E-state index in [0.29, 0.717) is 0 Å². The van der Waals surface area contributed by atoms with E-state index in [1.54, 1.807) is 12.1 Å². The molecule has 1 aliphatic rings. The van der Waals surface area contributed by atoms with E-state index in [-0.39, 0.29) is 23.1 Å². The number of phenols is 2. The number of phenolic OH excluding ortho intramolecular Hbond substituents is 2. The van der Waals surface area contributed by atoms with E-state index in [1.165, 1.54) is 6.07 Å². The standard InChI is InChI=1S/C15H24N2O2/c1-11(13-5-4-12(18)10-14(13)19)17-8-6-15(2,16-3)7-9-17/h4-5,10-11,16,18-19H,6-9H2,1-3H3. The Morgan fingerprint density at radius 2 is 1.89 bits per heavy atom. The monoisotopic (exact) mass is 264 g/mol. The van der Waals surface area contributed by atoms with Gasteiger partial charge in [0.05, 0.1) is 0 Å². The van der Waals surface area contributed by atoms with Gasteiger partial charge >= 0.3 is 0 Å². The van der Waals surface area contributed by atoms with E-state index in [4.69, 9.17) is 0 Å². The van der Waals surface area contributed by atoms with E-state index in [9.17, 15) is 10.2 Å². The second-order valence-electron chi connectivity index (χ2n) is 5.77.